The Morgan fingerprint density at radius 3 is 2.56 bits per heavy atom. The summed E-state index contributed by atoms with van der Waals surface area (Å²) in [6, 6.07) is 13.4. The van der Waals surface area contributed by atoms with Gasteiger partial charge in [-0.1, -0.05) is 24.3 Å². The Morgan fingerprint density at radius 2 is 1.81 bits per heavy atom. The van der Waals surface area contributed by atoms with Gasteiger partial charge in [0.15, 0.2) is 0 Å². The number of fused-ring (bicyclic) bond motifs is 1. The number of aromatic nitrogens is 3. The summed E-state index contributed by atoms with van der Waals surface area (Å²) in [5.74, 6) is 0.428. The maximum absolute atomic E-state index is 13.0. The van der Waals surface area contributed by atoms with Crippen LogP contribution in [0.3, 0.4) is 0 Å². The van der Waals surface area contributed by atoms with Gasteiger partial charge in [-0.3, -0.25) is 19.1 Å². The Balaban J connectivity index is 1.17. The van der Waals surface area contributed by atoms with E-state index in [1.165, 1.54) is 11.1 Å². The van der Waals surface area contributed by atoms with E-state index >= 15 is 0 Å². The molecule has 1 amide bonds. The molecule has 2 aliphatic rings. The van der Waals surface area contributed by atoms with Crippen LogP contribution >= 0.6 is 0 Å². The summed E-state index contributed by atoms with van der Waals surface area (Å²) in [6.45, 7) is 2.51. The van der Waals surface area contributed by atoms with Crippen LogP contribution in [-0.2, 0) is 29.1 Å². The molecule has 0 N–H and O–H groups in total. The van der Waals surface area contributed by atoms with Crippen LogP contribution in [0.5, 0.6) is 0 Å². The van der Waals surface area contributed by atoms with Crippen molar-refractivity contribution in [1.82, 2.24) is 19.4 Å². The predicted octanol–water partition coefficient (Wildman–Crippen LogP) is 2.69. The summed E-state index contributed by atoms with van der Waals surface area (Å²) in [7, 11) is 0. The third-order valence-electron chi connectivity index (χ3n) is 6.48. The van der Waals surface area contributed by atoms with Gasteiger partial charge in [-0.05, 0) is 42.0 Å². The third-order valence-corrected chi connectivity index (χ3v) is 6.48. The zero-order chi connectivity index (χ0) is 21.9. The number of carbonyl (C=O) groups excluding carboxylic acids is 1. The van der Waals surface area contributed by atoms with E-state index in [1.807, 2.05) is 29.2 Å². The minimum absolute atomic E-state index is 0.0559. The largest absolute Gasteiger partial charge is 0.363 e. The fourth-order valence-electron chi connectivity index (χ4n) is 4.57. The molecule has 0 radical (unpaired) electrons. The Labute approximate surface area is 186 Å². The zero-order valence-corrected chi connectivity index (χ0v) is 17.9. The highest BCUT2D eigenvalue weighted by molar-refractivity contribution is 5.81. The summed E-state index contributed by atoms with van der Waals surface area (Å²) in [4.78, 5) is 35.9. The van der Waals surface area contributed by atoms with E-state index in [1.54, 1.807) is 29.4 Å². The second-order valence-electron chi connectivity index (χ2n) is 8.54. The second kappa shape index (κ2) is 9.04. The van der Waals surface area contributed by atoms with Gasteiger partial charge >= 0.3 is 0 Å². The molecule has 2 aromatic heterocycles. The lowest BCUT2D eigenvalue weighted by atomic mass is 9.94. The summed E-state index contributed by atoms with van der Waals surface area (Å²) in [5.41, 5.74) is 3.85. The molecule has 1 aromatic carbocycles. The van der Waals surface area contributed by atoms with Crippen LogP contribution < -0.4 is 5.56 Å². The molecule has 7 nitrogen and oxygen atoms in total. The number of ether oxygens (including phenoxy) is 1. The van der Waals surface area contributed by atoms with Gasteiger partial charge in [0, 0.05) is 50.1 Å². The predicted molar refractivity (Wildman–Crippen MR) is 120 cm³/mol. The fraction of sp³-hybridized carbons (Fsp3) is 0.360. The lowest BCUT2D eigenvalue weighted by Crippen LogP contribution is -2.47. The summed E-state index contributed by atoms with van der Waals surface area (Å²) in [5, 5.41) is 0. The first-order chi connectivity index (χ1) is 15.7. The molecule has 1 atom stereocenters. The minimum Gasteiger partial charge on any atom is -0.363 e. The SMILES string of the molecule is O=C(C1Cc2ccccc2CO1)N1CCC(Cn2cnc(-c3ccncc3)cc2=O)CC1. The molecule has 7 heteroatoms. The van der Waals surface area contributed by atoms with Gasteiger partial charge in [0.1, 0.15) is 6.10 Å². The number of benzene rings is 1. The first-order valence-corrected chi connectivity index (χ1v) is 11.1. The number of rotatable bonds is 4. The van der Waals surface area contributed by atoms with E-state index < -0.39 is 6.10 Å². The molecule has 0 saturated carbocycles. The van der Waals surface area contributed by atoms with Crippen molar-refractivity contribution < 1.29 is 9.53 Å². The van der Waals surface area contributed by atoms with Crippen LogP contribution in [0, 0.1) is 5.92 Å². The van der Waals surface area contributed by atoms with Crippen molar-refractivity contribution in [2.24, 2.45) is 5.92 Å². The van der Waals surface area contributed by atoms with Crippen LogP contribution in [-0.4, -0.2) is 44.5 Å². The average Bonchev–Trinajstić information content (AvgIpc) is 2.85. The van der Waals surface area contributed by atoms with Crippen LogP contribution in [0.25, 0.3) is 11.3 Å². The Bertz CT molecular complexity index is 1150. The number of likely N-dealkylation sites (tertiary alicyclic amines) is 1. The topological polar surface area (TPSA) is 77.3 Å². The van der Waals surface area contributed by atoms with Gasteiger partial charge in [-0.25, -0.2) is 4.98 Å². The number of piperidine rings is 1. The Morgan fingerprint density at radius 1 is 1.06 bits per heavy atom. The van der Waals surface area contributed by atoms with E-state index in [0.717, 1.165) is 18.4 Å². The average molecular weight is 431 g/mol. The van der Waals surface area contributed by atoms with Crippen molar-refractivity contribution in [3.05, 3.63) is 82.7 Å². The van der Waals surface area contributed by atoms with Gasteiger partial charge in [0.25, 0.3) is 11.5 Å². The van der Waals surface area contributed by atoms with Crippen LogP contribution in [0.4, 0.5) is 0 Å². The number of carbonyl (C=O) groups is 1. The summed E-state index contributed by atoms with van der Waals surface area (Å²) >= 11 is 0. The number of hydrogen-bond donors (Lipinski definition) is 0. The van der Waals surface area contributed by atoms with Gasteiger partial charge in [0.2, 0.25) is 0 Å². The van der Waals surface area contributed by atoms with E-state index in [-0.39, 0.29) is 11.5 Å². The first kappa shape index (κ1) is 20.6. The summed E-state index contributed by atoms with van der Waals surface area (Å²) < 4.78 is 7.53. The molecule has 0 aliphatic carbocycles. The minimum atomic E-state index is -0.394. The maximum Gasteiger partial charge on any atom is 0.253 e. The highest BCUT2D eigenvalue weighted by Gasteiger charge is 2.31. The first-order valence-electron chi connectivity index (χ1n) is 11.1. The number of amides is 1. The molecule has 4 heterocycles. The van der Waals surface area contributed by atoms with Crippen molar-refractivity contribution in [2.75, 3.05) is 13.1 Å². The van der Waals surface area contributed by atoms with Crippen molar-refractivity contribution in [3.63, 3.8) is 0 Å². The van der Waals surface area contributed by atoms with Gasteiger partial charge in [0.05, 0.1) is 18.6 Å². The molecule has 3 aromatic rings. The molecule has 5 rings (SSSR count). The van der Waals surface area contributed by atoms with Gasteiger partial charge < -0.3 is 9.64 Å². The molecule has 0 bridgehead atoms. The highest BCUT2D eigenvalue weighted by atomic mass is 16.5. The molecule has 1 fully saturated rings. The van der Waals surface area contributed by atoms with Gasteiger partial charge in [-0.15, -0.1) is 0 Å². The maximum atomic E-state index is 13.0. The smallest absolute Gasteiger partial charge is 0.253 e. The zero-order valence-electron chi connectivity index (χ0n) is 17.9. The quantitative estimate of drug-likeness (QED) is 0.636. The molecular weight excluding hydrogens is 404 g/mol. The standard InChI is InChI=1S/C25H26N4O3/c30-24-14-22(19-5-9-26-10-6-19)27-17-29(24)15-18-7-11-28(12-8-18)25(31)23-13-20-3-1-2-4-21(20)16-32-23/h1-6,9-10,14,17-18,23H,7-8,11-13,15-16H2. The molecular formula is C25H26N4O3. The molecule has 2 aliphatic heterocycles. The van der Waals surface area contributed by atoms with E-state index in [4.69, 9.17) is 4.74 Å². The highest BCUT2D eigenvalue weighted by Crippen LogP contribution is 2.24. The fourth-order valence-corrected chi connectivity index (χ4v) is 4.57. The number of pyridine rings is 1. The lowest BCUT2D eigenvalue weighted by molar-refractivity contribution is -0.147. The molecule has 32 heavy (non-hydrogen) atoms. The molecule has 164 valence electrons. The Kier molecular flexibility index (Phi) is 5.81. The normalized spacial score (nSPS) is 18.9. The second-order valence-corrected chi connectivity index (χ2v) is 8.54. The monoisotopic (exact) mass is 430 g/mol. The van der Waals surface area contributed by atoms with E-state index in [9.17, 15) is 9.59 Å². The van der Waals surface area contributed by atoms with Crippen molar-refractivity contribution >= 4 is 5.91 Å². The lowest BCUT2D eigenvalue weighted by Gasteiger charge is -2.35. The number of nitrogens with zero attached hydrogens (tertiary/aromatic N) is 4. The van der Waals surface area contributed by atoms with Crippen molar-refractivity contribution in [3.8, 4) is 11.3 Å². The molecule has 0 spiro atoms. The van der Waals surface area contributed by atoms with Crippen molar-refractivity contribution in [1.29, 1.82) is 0 Å². The summed E-state index contributed by atoms with van der Waals surface area (Å²) in [6.07, 6.45) is 6.99. The molecule has 1 unspecified atom stereocenters. The Hall–Kier alpha value is -3.32. The van der Waals surface area contributed by atoms with Crippen LogP contribution in [0.15, 0.2) is 66.0 Å². The van der Waals surface area contributed by atoms with Crippen LogP contribution in [0.2, 0.25) is 0 Å². The third kappa shape index (κ3) is 4.34. The number of hydrogen-bond acceptors (Lipinski definition) is 5. The van der Waals surface area contributed by atoms with Crippen molar-refractivity contribution in [2.45, 2.75) is 38.5 Å². The molecule has 1 saturated heterocycles. The van der Waals surface area contributed by atoms with E-state index in [2.05, 4.69) is 22.1 Å². The van der Waals surface area contributed by atoms with Crippen LogP contribution in [0.1, 0.15) is 24.0 Å². The van der Waals surface area contributed by atoms with Gasteiger partial charge in [-0.2, -0.15) is 0 Å². The van der Waals surface area contributed by atoms with E-state index in [0.29, 0.717) is 44.3 Å².